The smallest absolute Gasteiger partial charge is 0.226 e. The lowest BCUT2D eigenvalue weighted by molar-refractivity contribution is 0.281. The molecule has 2 heterocycles. The van der Waals surface area contributed by atoms with Gasteiger partial charge in [0.05, 0.1) is 24.8 Å². The van der Waals surface area contributed by atoms with Crippen LogP contribution in [-0.4, -0.2) is 63.2 Å². The summed E-state index contributed by atoms with van der Waals surface area (Å²) >= 11 is 0. The number of nitrogens with zero attached hydrogens (tertiary/aromatic N) is 4. The van der Waals surface area contributed by atoms with Crippen LogP contribution in [0.15, 0.2) is 6.20 Å². The summed E-state index contributed by atoms with van der Waals surface area (Å²) < 4.78 is 0. The normalized spacial score (nSPS) is 10.9. The number of aromatic nitrogens is 4. The summed E-state index contributed by atoms with van der Waals surface area (Å²) in [6.45, 7) is 3.60. The van der Waals surface area contributed by atoms with E-state index in [0.29, 0.717) is 30.5 Å². The molecule has 0 atom stereocenters. The lowest BCUT2D eigenvalue weighted by atomic mass is 10.3. The monoisotopic (exact) mass is 280 g/mol. The number of nitrogens with one attached hydrogen (secondary N) is 2. The second-order valence-corrected chi connectivity index (χ2v) is 4.36. The number of anilines is 2. The van der Waals surface area contributed by atoms with Crippen molar-refractivity contribution in [2.45, 2.75) is 13.3 Å². The Morgan fingerprint density at radius 3 is 2.65 bits per heavy atom. The van der Waals surface area contributed by atoms with E-state index < -0.39 is 0 Å². The molecule has 2 rings (SSSR count). The predicted octanol–water partition coefficient (Wildman–Crippen LogP) is -0.0342. The molecule has 0 radical (unpaired) electrons. The van der Waals surface area contributed by atoms with Crippen LogP contribution < -0.4 is 10.2 Å². The van der Waals surface area contributed by atoms with E-state index in [1.54, 1.807) is 6.20 Å². The first kappa shape index (κ1) is 14.5. The minimum atomic E-state index is -0.0128. The van der Waals surface area contributed by atoms with Crippen LogP contribution >= 0.6 is 0 Å². The van der Waals surface area contributed by atoms with E-state index in [-0.39, 0.29) is 13.2 Å². The summed E-state index contributed by atoms with van der Waals surface area (Å²) in [6.07, 6.45) is 2.62. The third kappa shape index (κ3) is 3.14. The van der Waals surface area contributed by atoms with Crippen molar-refractivity contribution in [2.75, 3.05) is 43.1 Å². The molecule has 0 fully saturated rings. The third-order valence-corrected chi connectivity index (χ3v) is 2.86. The average molecular weight is 280 g/mol. The van der Waals surface area contributed by atoms with E-state index in [1.807, 2.05) is 4.90 Å². The van der Waals surface area contributed by atoms with Crippen molar-refractivity contribution in [3.05, 3.63) is 6.20 Å². The summed E-state index contributed by atoms with van der Waals surface area (Å²) in [5.41, 5.74) is 0.634. The summed E-state index contributed by atoms with van der Waals surface area (Å²) in [5.74, 6) is 1.17. The molecule has 4 N–H and O–H groups in total. The molecule has 8 nitrogen and oxygen atoms in total. The molecule has 0 aliphatic rings. The summed E-state index contributed by atoms with van der Waals surface area (Å²) in [5, 5.41) is 29.0. The molecule has 0 amide bonds. The second kappa shape index (κ2) is 7.01. The fourth-order valence-corrected chi connectivity index (χ4v) is 1.94. The maximum atomic E-state index is 9.15. The van der Waals surface area contributed by atoms with Crippen LogP contribution in [0.25, 0.3) is 11.0 Å². The molecule has 0 aliphatic carbocycles. The van der Waals surface area contributed by atoms with Gasteiger partial charge in [0.2, 0.25) is 5.95 Å². The lowest BCUT2D eigenvalue weighted by Crippen LogP contribution is -2.31. The van der Waals surface area contributed by atoms with Crippen LogP contribution in [0.2, 0.25) is 0 Å². The molecule has 2 aromatic rings. The molecular weight excluding hydrogens is 260 g/mol. The molecule has 2 aromatic heterocycles. The van der Waals surface area contributed by atoms with E-state index in [2.05, 4.69) is 32.4 Å². The number of fused-ring (bicyclic) bond motifs is 1. The zero-order chi connectivity index (χ0) is 14.4. The van der Waals surface area contributed by atoms with Crippen molar-refractivity contribution in [1.29, 1.82) is 0 Å². The van der Waals surface area contributed by atoms with Gasteiger partial charge >= 0.3 is 0 Å². The SMILES string of the molecule is CCCNc1nc(N(CCO)CCO)c2cn[nH]c2n1. The Hall–Kier alpha value is -1.93. The van der Waals surface area contributed by atoms with Crippen LogP contribution in [0.3, 0.4) is 0 Å². The highest BCUT2D eigenvalue weighted by molar-refractivity contribution is 5.87. The van der Waals surface area contributed by atoms with Gasteiger partial charge in [0.15, 0.2) is 5.65 Å². The fourth-order valence-electron chi connectivity index (χ4n) is 1.94. The minimum Gasteiger partial charge on any atom is -0.395 e. The highest BCUT2D eigenvalue weighted by Gasteiger charge is 2.15. The molecule has 8 heteroatoms. The Labute approximate surface area is 116 Å². The largest absolute Gasteiger partial charge is 0.395 e. The Kier molecular flexibility index (Phi) is 5.08. The highest BCUT2D eigenvalue weighted by Crippen LogP contribution is 2.23. The topological polar surface area (TPSA) is 110 Å². The van der Waals surface area contributed by atoms with E-state index in [0.717, 1.165) is 18.4 Å². The van der Waals surface area contributed by atoms with Gasteiger partial charge in [0, 0.05) is 19.6 Å². The average Bonchev–Trinajstić information content (AvgIpc) is 2.92. The summed E-state index contributed by atoms with van der Waals surface area (Å²) in [6, 6.07) is 0. The molecule has 0 saturated heterocycles. The molecule has 20 heavy (non-hydrogen) atoms. The number of rotatable bonds is 8. The maximum absolute atomic E-state index is 9.15. The predicted molar refractivity (Wildman–Crippen MR) is 76.8 cm³/mol. The Balaban J connectivity index is 2.39. The third-order valence-electron chi connectivity index (χ3n) is 2.86. The van der Waals surface area contributed by atoms with Gasteiger partial charge in [-0.15, -0.1) is 0 Å². The minimum absolute atomic E-state index is 0.0128. The fraction of sp³-hybridized carbons (Fsp3) is 0.583. The molecule has 0 aromatic carbocycles. The molecular formula is C12H20N6O2. The van der Waals surface area contributed by atoms with Crippen LogP contribution in [0.5, 0.6) is 0 Å². The zero-order valence-corrected chi connectivity index (χ0v) is 11.5. The van der Waals surface area contributed by atoms with Crippen molar-refractivity contribution in [3.63, 3.8) is 0 Å². The van der Waals surface area contributed by atoms with Gasteiger partial charge in [0.1, 0.15) is 5.82 Å². The number of aliphatic hydroxyl groups excluding tert-OH is 2. The first-order chi connectivity index (χ1) is 9.80. The number of hydrogen-bond donors (Lipinski definition) is 4. The van der Waals surface area contributed by atoms with Gasteiger partial charge in [-0.05, 0) is 6.42 Å². The van der Waals surface area contributed by atoms with Crippen molar-refractivity contribution in [2.24, 2.45) is 0 Å². The van der Waals surface area contributed by atoms with E-state index >= 15 is 0 Å². The Morgan fingerprint density at radius 2 is 2.00 bits per heavy atom. The van der Waals surface area contributed by atoms with Crippen molar-refractivity contribution < 1.29 is 10.2 Å². The van der Waals surface area contributed by atoms with Gasteiger partial charge in [-0.2, -0.15) is 15.1 Å². The van der Waals surface area contributed by atoms with E-state index in [1.165, 1.54) is 0 Å². The maximum Gasteiger partial charge on any atom is 0.226 e. The van der Waals surface area contributed by atoms with E-state index in [4.69, 9.17) is 10.2 Å². The lowest BCUT2D eigenvalue weighted by Gasteiger charge is -2.22. The quantitative estimate of drug-likeness (QED) is 0.537. The van der Waals surface area contributed by atoms with E-state index in [9.17, 15) is 0 Å². The van der Waals surface area contributed by atoms with Crippen LogP contribution in [-0.2, 0) is 0 Å². The van der Waals surface area contributed by atoms with Crippen LogP contribution in [0, 0.1) is 0 Å². The Morgan fingerprint density at radius 1 is 1.25 bits per heavy atom. The van der Waals surface area contributed by atoms with Gasteiger partial charge in [-0.3, -0.25) is 5.10 Å². The highest BCUT2D eigenvalue weighted by atomic mass is 16.3. The van der Waals surface area contributed by atoms with Crippen molar-refractivity contribution in [1.82, 2.24) is 20.2 Å². The van der Waals surface area contributed by atoms with Crippen molar-refractivity contribution >= 4 is 22.8 Å². The molecule has 110 valence electrons. The van der Waals surface area contributed by atoms with Crippen LogP contribution in [0.1, 0.15) is 13.3 Å². The Bertz CT molecular complexity index is 538. The summed E-state index contributed by atoms with van der Waals surface area (Å²) in [7, 11) is 0. The van der Waals surface area contributed by atoms with Gasteiger partial charge in [-0.1, -0.05) is 6.92 Å². The summed E-state index contributed by atoms with van der Waals surface area (Å²) in [4.78, 5) is 10.6. The first-order valence-electron chi connectivity index (χ1n) is 6.71. The molecule has 0 saturated carbocycles. The van der Waals surface area contributed by atoms with Crippen LogP contribution in [0.4, 0.5) is 11.8 Å². The standard InChI is InChI=1S/C12H20N6O2/c1-2-3-13-12-15-10-9(8-14-17-10)11(16-12)18(4-6-19)5-7-20/h8,19-20H,2-7H2,1H3,(H2,13,14,15,16,17). The zero-order valence-electron chi connectivity index (χ0n) is 11.5. The molecule has 0 spiro atoms. The number of aliphatic hydroxyl groups is 2. The molecule has 0 aliphatic heterocycles. The first-order valence-corrected chi connectivity index (χ1v) is 6.71. The number of H-pyrrole nitrogens is 1. The number of aromatic amines is 1. The molecule has 0 bridgehead atoms. The van der Waals surface area contributed by atoms with Gasteiger partial charge in [0.25, 0.3) is 0 Å². The van der Waals surface area contributed by atoms with Crippen molar-refractivity contribution in [3.8, 4) is 0 Å². The number of hydrogen-bond acceptors (Lipinski definition) is 7. The molecule has 0 unspecified atom stereocenters. The van der Waals surface area contributed by atoms with Gasteiger partial charge < -0.3 is 20.4 Å². The second-order valence-electron chi connectivity index (χ2n) is 4.36. The van der Waals surface area contributed by atoms with Gasteiger partial charge in [-0.25, -0.2) is 0 Å².